The lowest BCUT2D eigenvalue weighted by atomic mass is 10.1. The molecule has 3 rings (SSSR count). The predicted molar refractivity (Wildman–Crippen MR) is 102 cm³/mol. The van der Waals surface area contributed by atoms with Crippen LogP contribution < -0.4 is 4.74 Å². The van der Waals surface area contributed by atoms with Crippen LogP contribution in [-0.2, 0) is 16.1 Å². The van der Waals surface area contributed by atoms with E-state index in [2.05, 4.69) is 0 Å². The molecule has 27 heavy (non-hydrogen) atoms. The molecule has 144 valence electrons. The largest absolute Gasteiger partial charge is 0.484 e. The smallest absolute Gasteiger partial charge is 0.260 e. The number of halogens is 2. The summed E-state index contributed by atoms with van der Waals surface area (Å²) in [6.07, 6.45) is 1.97. The van der Waals surface area contributed by atoms with Crippen LogP contribution in [-0.4, -0.2) is 36.7 Å². The van der Waals surface area contributed by atoms with Gasteiger partial charge < -0.3 is 14.4 Å². The summed E-state index contributed by atoms with van der Waals surface area (Å²) < 4.78 is 24.5. The average molecular weight is 392 g/mol. The van der Waals surface area contributed by atoms with Gasteiger partial charge in [-0.3, -0.25) is 4.79 Å². The third-order valence-corrected chi connectivity index (χ3v) is 5.00. The Bertz CT molecular complexity index is 775. The Hall–Kier alpha value is -2.11. The van der Waals surface area contributed by atoms with E-state index in [0.717, 1.165) is 30.6 Å². The number of aryl methyl sites for hydroxylation is 1. The van der Waals surface area contributed by atoms with Crippen molar-refractivity contribution in [3.63, 3.8) is 0 Å². The summed E-state index contributed by atoms with van der Waals surface area (Å²) in [4.78, 5) is 14.5. The summed E-state index contributed by atoms with van der Waals surface area (Å²) in [6, 6.07) is 11.5. The van der Waals surface area contributed by atoms with Gasteiger partial charge in [0.1, 0.15) is 11.6 Å². The summed E-state index contributed by atoms with van der Waals surface area (Å²) in [5, 5.41) is 0.657. The molecule has 1 amide bonds. The fourth-order valence-corrected chi connectivity index (χ4v) is 3.16. The van der Waals surface area contributed by atoms with Crippen LogP contribution >= 0.6 is 11.6 Å². The molecular weight excluding hydrogens is 369 g/mol. The van der Waals surface area contributed by atoms with E-state index in [1.165, 1.54) is 12.1 Å². The number of benzene rings is 2. The standard InChI is InChI=1S/C21H23ClFNO3/c1-15-11-18(8-9-20(15)22)27-14-21(25)24(13-19-3-2-10-26-19)12-16-4-6-17(23)7-5-16/h4-9,11,19H,2-3,10,12-14H2,1H3. The van der Waals surface area contributed by atoms with Crippen molar-refractivity contribution in [2.75, 3.05) is 19.8 Å². The Labute approximate surface area is 163 Å². The zero-order valence-electron chi connectivity index (χ0n) is 15.3. The number of carbonyl (C=O) groups excluding carboxylic acids is 1. The lowest BCUT2D eigenvalue weighted by Crippen LogP contribution is -2.39. The van der Waals surface area contributed by atoms with E-state index in [1.807, 2.05) is 6.92 Å². The summed E-state index contributed by atoms with van der Waals surface area (Å²) in [6.45, 7) is 3.43. The number of hydrogen-bond acceptors (Lipinski definition) is 3. The Morgan fingerprint density at radius 3 is 2.74 bits per heavy atom. The van der Waals surface area contributed by atoms with Crippen LogP contribution in [0.4, 0.5) is 4.39 Å². The van der Waals surface area contributed by atoms with Crippen molar-refractivity contribution in [2.45, 2.75) is 32.4 Å². The van der Waals surface area contributed by atoms with Gasteiger partial charge >= 0.3 is 0 Å². The predicted octanol–water partition coefficient (Wildman–Crippen LogP) is 4.37. The molecule has 1 heterocycles. The van der Waals surface area contributed by atoms with Crippen LogP contribution in [0.25, 0.3) is 0 Å². The number of carbonyl (C=O) groups is 1. The minimum atomic E-state index is -0.294. The number of nitrogens with zero attached hydrogens (tertiary/aromatic N) is 1. The second-order valence-corrected chi connectivity index (χ2v) is 7.14. The van der Waals surface area contributed by atoms with Crippen LogP contribution in [0.5, 0.6) is 5.75 Å². The Morgan fingerprint density at radius 1 is 1.30 bits per heavy atom. The van der Waals surface area contributed by atoms with Gasteiger partial charge in [0, 0.05) is 24.7 Å². The van der Waals surface area contributed by atoms with E-state index in [1.54, 1.807) is 35.2 Å². The molecule has 2 aromatic carbocycles. The lowest BCUT2D eigenvalue weighted by Gasteiger charge is -2.25. The monoisotopic (exact) mass is 391 g/mol. The van der Waals surface area contributed by atoms with Crippen molar-refractivity contribution in [3.05, 3.63) is 64.4 Å². The van der Waals surface area contributed by atoms with Crippen LogP contribution in [0.1, 0.15) is 24.0 Å². The molecular formula is C21H23ClFNO3. The first-order valence-corrected chi connectivity index (χ1v) is 9.42. The molecule has 0 N–H and O–H groups in total. The molecule has 1 fully saturated rings. The van der Waals surface area contributed by atoms with Crippen LogP contribution in [0.2, 0.25) is 5.02 Å². The van der Waals surface area contributed by atoms with E-state index >= 15 is 0 Å². The molecule has 1 aliphatic heterocycles. The van der Waals surface area contributed by atoms with Crippen molar-refractivity contribution >= 4 is 17.5 Å². The van der Waals surface area contributed by atoms with E-state index in [4.69, 9.17) is 21.1 Å². The first kappa shape index (κ1) is 19.6. The maximum absolute atomic E-state index is 13.1. The highest BCUT2D eigenvalue weighted by Crippen LogP contribution is 2.21. The van der Waals surface area contributed by atoms with E-state index in [9.17, 15) is 9.18 Å². The summed E-state index contributed by atoms with van der Waals surface area (Å²) in [5.41, 5.74) is 1.76. The fourth-order valence-electron chi connectivity index (χ4n) is 3.04. The van der Waals surface area contributed by atoms with E-state index in [0.29, 0.717) is 23.9 Å². The molecule has 0 aliphatic carbocycles. The highest BCUT2D eigenvalue weighted by atomic mass is 35.5. The molecule has 1 saturated heterocycles. The molecule has 4 nitrogen and oxygen atoms in total. The number of amides is 1. The number of rotatable bonds is 7. The number of ether oxygens (including phenoxy) is 2. The highest BCUT2D eigenvalue weighted by molar-refractivity contribution is 6.31. The molecule has 1 aliphatic rings. The maximum Gasteiger partial charge on any atom is 0.260 e. The van der Waals surface area contributed by atoms with Gasteiger partial charge in [0.25, 0.3) is 5.91 Å². The first-order valence-electron chi connectivity index (χ1n) is 9.04. The second-order valence-electron chi connectivity index (χ2n) is 6.74. The van der Waals surface area contributed by atoms with Gasteiger partial charge in [-0.1, -0.05) is 23.7 Å². The second kappa shape index (κ2) is 9.20. The van der Waals surface area contributed by atoms with Gasteiger partial charge in [0.2, 0.25) is 0 Å². The zero-order chi connectivity index (χ0) is 19.2. The van der Waals surface area contributed by atoms with E-state index < -0.39 is 0 Å². The van der Waals surface area contributed by atoms with E-state index in [-0.39, 0.29) is 24.4 Å². The number of hydrogen-bond donors (Lipinski definition) is 0. The molecule has 2 aromatic rings. The Morgan fingerprint density at radius 2 is 2.07 bits per heavy atom. The summed E-state index contributed by atoms with van der Waals surface area (Å²) >= 11 is 6.02. The molecule has 0 aromatic heterocycles. The van der Waals surface area contributed by atoms with Crippen molar-refractivity contribution in [3.8, 4) is 5.75 Å². The molecule has 1 atom stereocenters. The SMILES string of the molecule is Cc1cc(OCC(=O)N(Cc2ccc(F)cc2)CC2CCCO2)ccc1Cl. The zero-order valence-corrected chi connectivity index (χ0v) is 16.0. The molecule has 1 unspecified atom stereocenters. The minimum absolute atomic E-state index is 0.0344. The van der Waals surface area contributed by atoms with Crippen molar-refractivity contribution in [1.82, 2.24) is 4.90 Å². The van der Waals surface area contributed by atoms with Crippen LogP contribution in [0.15, 0.2) is 42.5 Å². The summed E-state index contributed by atoms with van der Waals surface area (Å²) in [7, 11) is 0. The fraction of sp³-hybridized carbons (Fsp3) is 0.381. The first-order chi connectivity index (χ1) is 13.0. The molecule has 0 bridgehead atoms. The summed E-state index contributed by atoms with van der Waals surface area (Å²) in [5.74, 6) is 0.170. The van der Waals surface area contributed by atoms with Crippen LogP contribution in [0, 0.1) is 12.7 Å². The van der Waals surface area contributed by atoms with Gasteiger partial charge in [0.05, 0.1) is 6.10 Å². The van der Waals surface area contributed by atoms with Crippen molar-refractivity contribution < 1.29 is 18.7 Å². The minimum Gasteiger partial charge on any atom is -0.484 e. The third kappa shape index (κ3) is 5.68. The van der Waals surface area contributed by atoms with Crippen molar-refractivity contribution in [1.29, 1.82) is 0 Å². The Balaban J connectivity index is 1.65. The molecule has 0 radical (unpaired) electrons. The maximum atomic E-state index is 13.1. The normalized spacial score (nSPS) is 16.3. The lowest BCUT2D eigenvalue weighted by molar-refractivity contribution is -0.135. The Kier molecular flexibility index (Phi) is 6.69. The van der Waals surface area contributed by atoms with Gasteiger partial charge in [-0.25, -0.2) is 4.39 Å². The third-order valence-electron chi connectivity index (χ3n) is 4.58. The molecule has 6 heteroatoms. The van der Waals surface area contributed by atoms with Crippen LogP contribution in [0.3, 0.4) is 0 Å². The molecule has 0 saturated carbocycles. The molecule has 0 spiro atoms. The van der Waals surface area contributed by atoms with Gasteiger partial charge in [-0.2, -0.15) is 0 Å². The van der Waals surface area contributed by atoms with Gasteiger partial charge in [0.15, 0.2) is 6.61 Å². The quantitative estimate of drug-likeness (QED) is 0.703. The van der Waals surface area contributed by atoms with Gasteiger partial charge in [-0.05, 0) is 61.2 Å². The topological polar surface area (TPSA) is 38.8 Å². The average Bonchev–Trinajstić information content (AvgIpc) is 3.17. The van der Waals surface area contributed by atoms with Crippen molar-refractivity contribution in [2.24, 2.45) is 0 Å². The van der Waals surface area contributed by atoms with Gasteiger partial charge in [-0.15, -0.1) is 0 Å². The highest BCUT2D eigenvalue weighted by Gasteiger charge is 2.23.